The van der Waals surface area contributed by atoms with Crippen molar-refractivity contribution in [2.45, 2.75) is 70.4 Å². The fourth-order valence-electron chi connectivity index (χ4n) is 2.96. The molecule has 0 amide bonds. The molecule has 1 aromatic carbocycles. The lowest BCUT2D eigenvalue weighted by molar-refractivity contribution is -0.286. The van der Waals surface area contributed by atoms with Crippen molar-refractivity contribution in [2.24, 2.45) is 0 Å². The van der Waals surface area contributed by atoms with E-state index in [9.17, 15) is 5.26 Å². The Morgan fingerprint density at radius 2 is 2.04 bits per heavy atom. The van der Waals surface area contributed by atoms with Gasteiger partial charge in [-0.05, 0) is 32.8 Å². The molecule has 2 rings (SSSR count). The van der Waals surface area contributed by atoms with Crippen LogP contribution in [0.3, 0.4) is 0 Å². The Kier molecular flexibility index (Phi) is 5.80. The SMILES string of the molecule is CCCC[C@@](C)(C#N)N[C@H]1COC(C)(C)O[C@H]1c1ccccc1. The first-order valence-corrected chi connectivity index (χ1v) is 8.45. The number of ether oxygens (including phenoxy) is 2. The zero-order valence-corrected chi connectivity index (χ0v) is 14.6. The third-order valence-electron chi connectivity index (χ3n) is 4.30. The highest BCUT2D eigenvalue weighted by Crippen LogP contribution is 2.34. The van der Waals surface area contributed by atoms with E-state index in [-0.39, 0.29) is 12.1 Å². The Bertz CT molecular complexity index is 538. The number of nitrogens with zero attached hydrogens (tertiary/aromatic N) is 1. The normalized spacial score (nSPS) is 26.2. The van der Waals surface area contributed by atoms with Gasteiger partial charge >= 0.3 is 0 Å². The zero-order chi connectivity index (χ0) is 16.9. The van der Waals surface area contributed by atoms with E-state index in [0.717, 1.165) is 24.8 Å². The summed E-state index contributed by atoms with van der Waals surface area (Å²) in [4.78, 5) is 0. The lowest BCUT2D eigenvalue weighted by atomic mass is 9.92. The van der Waals surface area contributed by atoms with E-state index in [1.165, 1.54) is 0 Å². The lowest BCUT2D eigenvalue weighted by Crippen LogP contribution is -2.56. The van der Waals surface area contributed by atoms with Crippen molar-refractivity contribution >= 4 is 0 Å². The van der Waals surface area contributed by atoms with Crippen molar-refractivity contribution in [3.05, 3.63) is 35.9 Å². The largest absolute Gasteiger partial charge is 0.349 e. The summed E-state index contributed by atoms with van der Waals surface area (Å²) < 4.78 is 12.0. The van der Waals surface area contributed by atoms with Gasteiger partial charge in [-0.15, -0.1) is 0 Å². The Labute approximate surface area is 139 Å². The van der Waals surface area contributed by atoms with E-state index < -0.39 is 11.3 Å². The first-order valence-electron chi connectivity index (χ1n) is 8.45. The smallest absolute Gasteiger partial charge is 0.163 e. The minimum atomic E-state index is -0.620. The summed E-state index contributed by atoms with van der Waals surface area (Å²) in [6.45, 7) is 8.49. The highest BCUT2D eigenvalue weighted by Gasteiger charge is 2.40. The molecule has 126 valence electrons. The molecule has 23 heavy (non-hydrogen) atoms. The Hall–Kier alpha value is -1.41. The molecule has 4 nitrogen and oxygen atoms in total. The van der Waals surface area contributed by atoms with Gasteiger partial charge in [0, 0.05) is 0 Å². The number of benzene rings is 1. The van der Waals surface area contributed by atoms with Gasteiger partial charge in [0.1, 0.15) is 11.6 Å². The van der Waals surface area contributed by atoms with Crippen LogP contribution in [0.15, 0.2) is 30.3 Å². The van der Waals surface area contributed by atoms with Gasteiger partial charge in [-0.2, -0.15) is 5.26 Å². The lowest BCUT2D eigenvalue weighted by Gasteiger charge is -2.43. The van der Waals surface area contributed by atoms with E-state index in [1.54, 1.807) is 0 Å². The Morgan fingerprint density at radius 1 is 1.35 bits per heavy atom. The first kappa shape index (κ1) is 17.9. The van der Waals surface area contributed by atoms with Crippen LogP contribution in [-0.4, -0.2) is 24.0 Å². The molecular weight excluding hydrogens is 288 g/mol. The molecule has 1 N–H and O–H groups in total. The number of hydrogen-bond donors (Lipinski definition) is 1. The molecule has 0 spiro atoms. The summed E-state index contributed by atoms with van der Waals surface area (Å²) in [5.74, 6) is -0.620. The average Bonchev–Trinajstić information content (AvgIpc) is 2.55. The van der Waals surface area contributed by atoms with E-state index in [2.05, 4.69) is 30.4 Å². The van der Waals surface area contributed by atoms with Crippen LogP contribution in [0.25, 0.3) is 0 Å². The number of rotatable bonds is 6. The van der Waals surface area contributed by atoms with Gasteiger partial charge in [0.05, 0.1) is 18.7 Å². The van der Waals surface area contributed by atoms with Crippen LogP contribution in [0.5, 0.6) is 0 Å². The summed E-state index contributed by atoms with van der Waals surface area (Å²) >= 11 is 0. The summed E-state index contributed by atoms with van der Waals surface area (Å²) in [7, 11) is 0. The zero-order valence-electron chi connectivity index (χ0n) is 14.6. The molecule has 0 aliphatic carbocycles. The van der Waals surface area contributed by atoms with Gasteiger partial charge < -0.3 is 9.47 Å². The molecule has 1 aliphatic rings. The first-order chi connectivity index (χ1) is 10.9. The van der Waals surface area contributed by atoms with Crippen LogP contribution in [0, 0.1) is 11.3 Å². The minimum Gasteiger partial charge on any atom is -0.349 e. The van der Waals surface area contributed by atoms with E-state index >= 15 is 0 Å². The van der Waals surface area contributed by atoms with Crippen LogP contribution < -0.4 is 5.32 Å². The molecule has 0 saturated carbocycles. The maximum Gasteiger partial charge on any atom is 0.163 e. The number of nitriles is 1. The molecule has 0 unspecified atom stereocenters. The molecule has 1 aromatic rings. The van der Waals surface area contributed by atoms with Crippen LogP contribution in [-0.2, 0) is 9.47 Å². The van der Waals surface area contributed by atoms with Gasteiger partial charge in [-0.3, -0.25) is 5.32 Å². The Morgan fingerprint density at radius 3 is 2.65 bits per heavy atom. The minimum absolute atomic E-state index is 0.0491. The number of nitrogens with one attached hydrogen (secondary N) is 1. The second-order valence-corrected chi connectivity index (χ2v) is 6.96. The third kappa shape index (κ3) is 4.78. The van der Waals surface area contributed by atoms with Crippen molar-refractivity contribution in [3.8, 4) is 6.07 Å². The maximum atomic E-state index is 9.61. The molecule has 1 aliphatic heterocycles. The van der Waals surface area contributed by atoms with E-state index in [0.29, 0.717) is 6.61 Å². The van der Waals surface area contributed by atoms with E-state index in [1.807, 2.05) is 39.0 Å². The second kappa shape index (κ2) is 7.44. The van der Waals surface area contributed by atoms with Crippen molar-refractivity contribution < 1.29 is 9.47 Å². The highest BCUT2D eigenvalue weighted by atomic mass is 16.7. The molecule has 0 radical (unpaired) electrons. The summed E-state index contributed by atoms with van der Waals surface area (Å²) in [5.41, 5.74) is 0.541. The van der Waals surface area contributed by atoms with Crippen LogP contribution >= 0.6 is 0 Å². The second-order valence-electron chi connectivity index (χ2n) is 6.96. The molecule has 0 bridgehead atoms. The molecule has 1 fully saturated rings. The fraction of sp³-hybridized carbons (Fsp3) is 0.632. The molecule has 1 saturated heterocycles. The van der Waals surface area contributed by atoms with Crippen LogP contribution in [0.4, 0.5) is 0 Å². The highest BCUT2D eigenvalue weighted by molar-refractivity contribution is 5.21. The molecular formula is C19H28N2O2. The van der Waals surface area contributed by atoms with Crippen molar-refractivity contribution in [2.75, 3.05) is 6.61 Å². The molecule has 0 aromatic heterocycles. The number of hydrogen-bond acceptors (Lipinski definition) is 4. The van der Waals surface area contributed by atoms with Gasteiger partial charge in [-0.25, -0.2) is 0 Å². The predicted molar refractivity (Wildman–Crippen MR) is 90.8 cm³/mol. The van der Waals surface area contributed by atoms with Gasteiger partial charge in [-0.1, -0.05) is 50.1 Å². The molecule has 4 heteroatoms. The predicted octanol–water partition coefficient (Wildman–Crippen LogP) is 3.94. The van der Waals surface area contributed by atoms with Crippen molar-refractivity contribution in [3.63, 3.8) is 0 Å². The summed E-state index contributed by atoms with van der Waals surface area (Å²) in [6, 6.07) is 12.5. The van der Waals surface area contributed by atoms with Crippen LogP contribution in [0.2, 0.25) is 0 Å². The quantitative estimate of drug-likeness (QED) is 0.863. The number of unbranched alkanes of at least 4 members (excludes halogenated alkanes) is 1. The standard InChI is InChI=1S/C19H28N2O2/c1-5-6-12-19(4,14-20)21-16-13-22-18(2,3)23-17(16)15-10-8-7-9-11-15/h7-11,16-17,21H,5-6,12-13H2,1-4H3/t16-,17-,19-/m0/s1. The Balaban J connectivity index is 2.19. The van der Waals surface area contributed by atoms with Crippen LogP contribution in [0.1, 0.15) is 58.6 Å². The van der Waals surface area contributed by atoms with Gasteiger partial charge in [0.2, 0.25) is 0 Å². The van der Waals surface area contributed by atoms with Crippen molar-refractivity contribution in [1.82, 2.24) is 5.32 Å². The molecule has 3 atom stereocenters. The van der Waals surface area contributed by atoms with E-state index in [4.69, 9.17) is 9.47 Å². The molecule has 1 heterocycles. The summed E-state index contributed by atoms with van der Waals surface area (Å²) in [5, 5.41) is 13.1. The fourth-order valence-corrected chi connectivity index (χ4v) is 2.96. The van der Waals surface area contributed by atoms with Crippen molar-refractivity contribution in [1.29, 1.82) is 5.26 Å². The average molecular weight is 316 g/mol. The third-order valence-corrected chi connectivity index (χ3v) is 4.30. The summed E-state index contributed by atoms with van der Waals surface area (Å²) in [6.07, 6.45) is 2.79. The topological polar surface area (TPSA) is 54.3 Å². The monoisotopic (exact) mass is 316 g/mol. The maximum absolute atomic E-state index is 9.61. The van der Waals surface area contributed by atoms with Gasteiger partial charge in [0.15, 0.2) is 5.79 Å². The van der Waals surface area contributed by atoms with Gasteiger partial charge in [0.25, 0.3) is 0 Å².